The van der Waals surface area contributed by atoms with Gasteiger partial charge in [-0.15, -0.1) is 0 Å². The Bertz CT molecular complexity index is 545. The number of hydrogen-bond acceptors (Lipinski definition) is 6. The minimum absolute atomic E-state index is 0.186. The van der Waals surface area contributed by atoms with Crippen LogP contribution in [0.4, 0.5) is 0 Å². The molecule has 2 aliphatic heterocycles. The molecule has 1 radical (unpaired) electrons. The summed E-state index contributed by atoms with van der Waals surface area (Å²) in [5, 5.41) is 6.49. The zero-order valence-corrected chi connectivity index (χ0v) is 12.5. The molecule has 0 aromatic heterocycles. The topological polar surface area (TPSA) is 55.0 Å². The first-order valence-electron chi connectivity index (χ1n) is 6.93. The van der Waals surface area contributed by atoms with Crippen molar-refractivity contribution in [2.24, 2.45) is 0 Å². The lowest BCUT2D eigenvalue weighted by Crippen LogP contribution is -2.44. The molecule has 113 valence electrons. The number of fused-ring (bicyclic) bond motifs is 1. The molecule has 0 fully saturated rings. The van der Waals surface area contributed by atoms with Crippen LogP contribution in [0.2, 0.25) is 0 Å². The molecule has 2 N–H and O–H groups in total. The van der Waals surface area contributed by atoms with Gasteiger partial charge in [0.1, 0.15) is 6.26 Å². The van der Waals surface area contributed by atoms with Crippen LogP contribution in [0.25, 0.3) is 0 Å². The number of nitrogens with one attached hydrogen (secondary N) is 2. The van der Waals surface area contributed by atoms with Gasteiger partial charge in [-0.25, -0.2) is 5.32 Å². The molecule has 0 amide bonds. The lowest BCUT2D eigenvalue weighted by molar-refractivity contribution is 0.165. The fraction of sp³-hybridized carbons (Fsp3) is 0.400. The quantitative estimate of drug-likeness (QED) is 0.799. The van der Waals surface area contributed by atoms with Gasteiger partial charge in [-0.3, -0.25) is 4.90 Å². The van der Waals surface area contributed by atoms with Crippen molar-refractivity contribution in [3.05, 3.63) is 42.1 Å². The molecule has 1 aromatic rings. The smallest absolute Gasteiger partial charge is 0.315 e. The minimum atomic E-state index is 0.186. The first kappa shape index (κ1) is 14.0. The molecule has 21 heavy (non-hydrogen) atoms. The Hall–Kier alpha value is -1.92. The van der Waals surface area contributed by atoms with Crippen molar-refractivity contribution in [2.45, 2.75) is 19.5 Å². The Kier molecular flexibility index (Phi) is 3.90. The summed E-state index contributed by atoms with van der Waals surface area (Å²) < 4.78 is 16.2. The van der Waals surface area contributed by atoms with Gasteiger partial charge in [-0.05, 0) is 38.7 Å². The van der Waals surface area contributed by atoms with Gasteiger partial charge in [0.2, 0.25) is 6.79 Å². The second-order valence-corrected chi connectivity index (χ2v) is 5.36. The van der Waals surface area contributed by atoms with E-state index in [9.17, 15) is 0 Å². The van der Waals surface area contributed by atoms with Crippen molar-refractivity contribution in [3.8, 4) is 11.5 Å². The largest absolute Gasteiger partial charge is 0.454 e. The second kappa shape index (κ2) is 5.83. The van der Waals surface area contributed by atoms with Crippen LogP contribution in [0.5, 0.6) is 11.5 Å². The van der Waals surface area contributed by atoms with Crippen LogP contribution >= 0.6 is 0 Å². The van der Waals surface area contributed by atoms with Crippen LogP contribution in [0.1, 0.15) is 12.5 Å². The summed E-state index contributed by atoms with van der Waals surface area (Å²) in [6, 6.07) is 5.97. The van der Waals surface area contributed by atoms with E-state index in [4.69, 9.17) is 14.2 Å². The Labute approximate surface area is 124 Å². The van der Waals surface area contributed by atoms with Gasteiger partial charge in [-0.1, -0.05) is 6.07 Å². The van der Waals surface area contributed by atoms with E-state index < -0.39 is 0 Å². The van der Waals surface area contributed by atoms with Crippen molar-refractivity contribution in [3.63, 3.8) is 0 Å². The lowest BCUT2D eigenvalue weighted by atomic mass is 10.1. The molecule has 3 rings (SSSR count). The molecule has 2 aliphatic rings. The molecule has 1 unspecified atom stereocenters. The first-order valence-corrected chi connectivity index (χ1v) is 6.93. The van der Waals surface area contributed by atoms with E-state index in [2.05, 4.69) is 22.5 Å². The molecule has 0 bridgehead atoms. The van der Waals surface area contributed by atoms with E-state index in [1.165, 1.54) is 0 Å². The molecular weight excluding hydrogens is 270 g/mol. The third kappa shape index (κ3) is 3.22. The van der Waals surface area contributed by atoms with Gasteiger partial charge in [-0.2, -0.15) is 0 Å². The summed E-state index contributed by atoms with van der Waals surface area (Å²) in [6.07, 6.45) is 3.32. The van der Waals surface area contributed by atoms with E-state index in [1.54, 1.807) is 6.26 Å². The third-order valence-corrected chi connectivity index (χ3v) is 3.54. The summed E-state index contributed by atoms with van der Waals surface area (Å²) in [5.74, 6) is 1.60. The Morgan fingerprint density at radius 3 is 2.90 bits per heavy atom. The monoisotopic (exact) mass is 290 g/mol. The highest BCUT2D eigenvalue weighted by Crippen LogP contribution is 2.33. The fourth-order valence-corrected chi connectivity index (χ4v) is 2.08. The normalized spacial score (nSPS) is 18.4. The summed E-state index contributed by atoms with van der Waals surface area (Å²) in [4.78, 5) is 2.06. The van der Waals surface area contributed by atoms with Crippen LogP contribution in [0, 0.1) is 6.35 Å². The van der Waals surface area contributed by atoms with Crippen LogP contribution in [0.15, 0.2) is 30.2 Å². The van der Waals surface area contributed by atoms with Crippen molar-refractivity contribution >= 4 is 0 Å². The maximum Gasteiger partial charge on any atom is 0.315 e. The van der Waals surface area contributed by atoms with E-state index in [1.807, 2.05) is 32.3 Å². The SMILES string of the molecule is CC(N[C]1NC(Cc2ccc3c(c2)OCO3)=CO1)N(C)C. The maximum absolute atomic E-state index is 5.50. The van der Waals surface area contributed by atoms with Gasteiger partial charge in [0.25, 0.3) is 0 Å². The summed E-state index contributed by atoms with van der Waals surface area (Å²) >= 11 is 0. The highest BCUT2D eigenvalue weighted by Gasteiger charge is 2.22. The molecule has 0 spiro atoms. The Morgan fingerprint density at radius 2 is 2.10 bits per heavy atom. The number of allylic oxidation sites excluding steroid dienone is 1. The summed E-state index contributed by atoms with van der Waals surface area (Å²) in [7, 11) is 4.02. The number of rotatable bonds is 5. The van der Waals surface area contributed by atoms with E-state index in [0.717, 1.165) is 29.2 Å². The number of benzene rings is 1. The van der Waals surface area contributed by atoms with Crippen molar-refractivity contribution in [1.29, 1.82) is 0 Å². The molecule has 2 heterocycles. The average molecular weight is 290 g/mol. The molecule has 6 nitrogen and oxygen atoms in total. The summed E-state index contributed by atoms with van der Waals surface area (Å²) in [6.45, 7) is 2.36. The third-order valence-electron chi connectivity index (χ3n) is 3.54. The highest BCUT2D eigenvalue weighted by atomic mass is 16.7. The molecule has 6 heteroatoms. The van der Waals surface area contributed by atoms with Crippen LogP contribution in [-0.4, -0.2) is 32.0 Å². The van der Waals surface area contributed by atoms with Crippen LogP contribution < -0.4 is 20.1 Å². The molecule has 1 aromatic carbocycles. The number of nitrogens with zero attached hydrogens (tertiary/aromatic N) is 1. The molecular formula is C15H20N3O3. The molecule has 0 saturated heterocycles. The predicted molar refractivity (Wildman–Crippen MR) is 78.1 cm³/mol. The van der Waals surface area contributed by atoms with Gasteiger partial charge < -0.3 is 19.5 Å². The van der Waals surface area contributed by atoms with Crippen LogP contribution in [-0.2, 0) is 11.2 Å². The molecule has 0 saturated carbocycles. The Morgan fingerprint density at radius 1 is 1.29 bits per heavy atom. The van der Waals surface area contributed by atoms with Gasteiger partial charge in [0, 0.05) is 6.42 Å². The zero-order chi connectivity index (χ0) is 14.8. The van der Waals surface area contributed by atoms with E-state index in [-0.39, 0.29) is 6.17 Å². The predicted octanol–water partition coefficient (Wildman–Crippen LogP) is 1.36. The van der Waals surface area contributed by atoms with Crippen molar-refractivity contribution in [1.82, 2.24) is 15.5 Å². The molecule has 0 aliphatic carbocycles. The van der Waals surface area contributed by atoms with Gasteiger partial charge in [0.05, 0.1) is 11.9 Å². The number of ether oxygens (including phenoxy) is 3. The maximum atomic E-state index is 5.50. The standard InChI is InChI=1S/C15H20N3O3/c1-10(18(2)3)16-15-17-12(8-19-15)6-11-4-5-13-14(7-11)21-9-20-13/h4-5,7-8,10,16-17H,6,9H2,1-3H3. The van der Waals surface area contributed by atoms with E-state index in [0.29, 0.717) is 13.1 Å². The lowest BCUT2D eigenvalue weighted by Gasteiger charge is -2.23. The average Bonchev–Trinajstić information content (AvgIpc) is 3.07. The van der Waals surface area contributed by atoms with Crippen molar-refractivity contribution in [2.75, 3.05) is 20.9 Å². The first-order chi connectivity index (χ1) is 10.1. The van der Waals surface area contributed by atoms with E-state index >= 15 is 0 Å². The molecule has 1 atom stereocenters. The number of hydrogen-bond donors (Lipinski definition) is 2. The zero-order valence-electron chi connectivity index (χ0n) is 12.5. The second-order valence-electron chi connectivity index (χ2n) is 5.36. The fourth-order valence-electron chi connectivity index (χ4n) is 2.08. The van der Waals surface area contributed by atoms with Crippen molar-refractivity contribution < 1.29 is 14.2 Å². The summed E-state index contributed by atoms with van der Waals surface area (Å²) in [5.41, 5.74) is 2.14. The van der Waals surface area contributed by atoms with Crippen LogP contribution in [0.3, 0.4) is 0 Å². The minimum Gasteiger partial charge on any atom is -0.454 e. The highest BCUT2D eigenvalue weighted by molar-refractivity contribution is 5.45. The Balaban J connectivity index is 1.55. The van der Waals surface area contributed by atoms with Gasteiger partial charge >= 0.3 is 6.35 Å². The van der Waals surface area contributed by atoms with Gasteiger partial charge in [0.15, 0.2) is 11.5 Å².